The first-order valence-corrected chi connectivity index (χ1v) is 5.95. The number of hydrogen-bond donors (Lipinski definition) is 1. The van der Waals surface area contributed by atoms with Crippen LogP contribution in [0.2, 0.25) is 0 Å². The molecule has 1 N–H and O–H groups in total. The average molecular weight is 248 g/mol. The first kappa shape index (κ1) is 14.1. The number of amides is 1. The van der Waals surface area contributed by atoms with Crippen molar-refractivity contribution in [3.63, 3.8) is 0 Å². The number of carbonyl (C=O) groups excluding carboxylic acids is 1. The second-order valence-electron chi connectivity index (χ2n) is 4.10. The average Bonchev–Trinajstić information content (AvgIpc) is 2.36. The van der Waals surface area contributed by atoms with Crippen LogP contribution < -0.4 is 10.1 Å². The highest BCUT2D eigenvalue weighted by atomic mass is 16.5. The second-order valence-corrected chi connectivity index (χ2v) is 4.10. The predicted octanol–water partition coefficient (Wildman–Crippen LogP) is 1.99. The standard InChI is InChI=1S/C14H20N2O2/c1-5-15-13(17)11(2)14(16(3)4)18-12-9-7-6-8-10-12/h6-10H,5H2,1-4H3,(H,15,17)/b14-11-. The van der Waals surface area contributed by atoms with Gasteiger partial charge in [0.1, 0.15) is 5.75 Å². The Labute approximate surface area is 108 Å². The third kappa shape index (κ3) is 3.80. The lowest BCUT2D eigenvalue weighted by molar-refractivity contribution is -0.117. The predicted molar refractivity (Wildman–Crippen MR) is 72.1 cm³/mol. The summed E-state index contributed by atoms with van der Waals surface area (Å²) in [7, 11) is 3.70. The van der Waals surface area contributed by atoms with Crippen molar-refractivity contribution in [3.05, 3.63) is 41.8 Å². The third-order valence-electron chi connectivity index (χ3n) is 2.36. The van der Waals surface area contributed by atoms with Crippen molar-refractivity contribution >= 4 is 5.91 Å². The second kappa shape index (κ2) is 6.69. The van der Waals surface area contributed by atoms with Crippen molar-refractivity contribution in [1.29, 1.82) is 0 Å². The van der Waals surface area contributed by atoms with Gasteiger partial charge in [0.2, 0.25) is 5.88 Å². The molecule has 18 heavy (non-hydrogen) atoms. The molecule has 0 radical (unpaired) electrons. The van der Waals surface area contributed by atoms with E-state index in [-0.39, 0.29) is 5.91 Å². The van der Waals surface area contributed by atoms with Crippen molar-refractivity contribution in [1.82, 2.24) is 10.2 Å². The molecule has 4 nitrogen and oxygen atoms in total. The SMILES string of the molecule is CCNC(=O)/C(C)=C(\Oc1ccccc1)N(C)C. The number of hydrogen-bond acceptors (Lipinski definition) is 3. The topological polar surface area (TPSA) is 41.6 Å². The molecule has 0 aliphatic carbocycles. The van der Waals surface area contributed by atoms with E-state index < -0.39 is 0 Å². The van der Waals surface area contributed by atoms with Crippen molar-refractivity contribution < 1.29 is 9.53 Å². The van der Waals surface area contributed by atoms with Crippen LogP contribution in [0.5, 0.6) is 5.75 Å². The van der Waals surface area contributed by atoms with E-state index in [9.17, 15) is 4.79 Å². The number of likely N-dealkylation sites (N-methyl/N-ethyl adjacent to an activating group) is 1. The summed E-state index contributed by atoms with van der Waals surface area (Å²) in [6.07, 6.45) is 0. The number of nitrogens with one attached hydrogen (secondary N) is 1. The van der Waals surface area contributed by atoms with E-state index in [2.05, 4.69) is 5.32 Å². The summed E-state index contributed by atoms with van der Waals surface area (Å²) in [6.45, 7) is 4.24. The Morgan fingerprint density at radius 3 is 2.39 bits per heavy atom. The maximum Gasteiger partial charge on any atom is 0.252 e. The third-order valence-corrected chi connectivity index (χ3v) is 2.36. The molecule has 0 saturated heterocycles. The number of carbonyl (C=O) groups is 1. The highest BCUT2D eigenvalue weighted by molar-refractivity contribution is 5.93. The van der Waals surface area contributed by atoms with Crippen molar-refractivity contribution in [3.8, 4) is 5.75 Å². The first-order valence-electron chi connectivity index (χ1n) is 5.95. The molecule has 0 aliphatic heterocycles. The fourth-order valence-electron chi connectivity index (χ4n) is 1.49. The zero-order valence-corrected chi connectivity index (χ0v) is 11.4. The van der Waals surface area contributed by atoms with Crippen LogP contribution in [0.4, 0.5) is 0 Å². The van der Waals surface area contributed by atoms with Crippen LogP contribution in [0.25, 0.3) is 0 Å². The lowest BCUT2D eigenvalue weighted by Gasteiger charge is -2.20. The lowest BCUT2D eigenvalue weighted by atomic mass is 10.3. The van der Waals surface area contributed by atoms with E-state index in [0.717, 1.165) is 0 Å². The number of nitrogens with zero attached hydrogens (tertiary/aromatic N) is 1. The zero-order valence-electron chi connectivity index (χ0n) is 11.4. The monoisotopic (exact) mass is 248 g/mol. The molecule has 0 spiro atoms. The summed E-state index contributed by atoms with van der Waals surface area (Å²) in [4.78, 5) is 13.6. The molecule has 0 aromatic heterocycles. The van der Waals surface area contributed by atoms with Crippen LogP contribution in [0.15, 0.2) is 41.8 Å². The summed E-state index contributed by atoms with van der Waals surface area (Å²) in [5, 5.41) is 2.76. The van der Waals surface area contributed by atoms with Crippen LogP contribution in [0.3, 0.4) is 0 Å². The van der Waals surface area contributed by atoms with Gasteiger partial charge in [0.25, 0.3) is 5.91 Å². The van der Waals surface area contributed by atoms with Gasteiger partial charge in [-0.2, -0.15) is 0 Å². The maximum absolute atomic E-state index is 11.8. The molecule has 0 fully saturated rings. The van der Waals surface area contributed by atoms with E-state index in [1.54, 1.807) is 11.8 Å². The molecular weight excluding hydrogens is 228 g/mol. The number of para-hydroxylation sites is 1. The summed E-state index contributed by atoms with van der Waals surface area (Å²) < 4.78 is 5.75. The molecule has 0 aliphatic rings. The fraction of sp³-hybridized carbons (Fsp3) is 0.357. The molecule has 98 valence electrons. The van der Waals surface area contributed by atoms with Gasteiger partial charge in [0, 0.05) is 20.6 Å². The Morgan fingerprint density at radius 1 is 1.28 bits per heavy atom. The molecule has 1 aromatic carbocycles. The number of benzene rings is 1. The van der Waals surface area contributed by atoms with Crippen molar-refractivity contribution in [2.24, 2.45) is 0 Å². The largest absolute Gasteiger partial charge is 0.441 e. The fourth-order valence-corrected chi connectivity index (χ4v) is 1.49. The molecule has 4 heteroatoms. The van der Waals surface area contributed by atoms with Gasteiger partial charge in [-0.1, -0.05) is 18.2 Å². The van der Waals surface area contributed by atoms with Gasteiger partial charge in [0.05, 0.1) is 5.57 Å². The Bertz CT molecular complexity index is 425. The summed E-state index contributed by atoms with van der Waals surface area (Å²) >= 11 is 0. The Morgan fingerprint density at radius 2 is 1.89 bits per heavy atom. The van der Waals surface area contributed by atoms with Gasteiger partial charge < -0.3 is 15.0 Å². The van der Waals surface area contributed by atoms with Gasteiger partial charge in [-0.05, 0) is 26.0 Å². The Hall–Kier alpha value is -1.97. The summed E-state index contributed by atoms with van der Waals surface area (Å²) in [5.41, 5.74) is 0.561. The van der Waals surface area contributed by atoms with E-state index in [0.29, 0.717) is 23.8 Å². The summed E-state index contributed by atoms with van der Waals surface area (Å²) in [6, 6.07) is 9.42. The molecule has 0 bridgehead atoms. The van der Waals surface area contributed by atoms with Gasteiger partial charge in [0.15, 0.2) is 0 Å². The molecule has 0 atom stereocenters. The zero-order chi connectivity index (χ0) is 13.5. The van der Waals surface area contributed by atoms with E-state index >= 15 is 0 Å². The normalized spacial score (nSPS) is 11.6. The molecule has 0 saturated carbocycles. The number of ether oxygens (including phenoxy) is 1. The lowest BCUT2D eigenvalue weighted by Crippen LogP contribution is -2.28. The smallest absolute Gasteiger partial charge is 0.252 e. The molecule has 0 unspecified atom stereocenters. The minimum Gasteiger partial charge on any atom is -0.441 e. The Kier molecular flexibility index (Phi) is 5.24. The van der Waals surface area contributed by atoms with Crippen LogP contribution in [0, 0.1) is 0 Å². The van der Waals surface area contributed by atoms with E-state index in [1.165, 1.54) is 0 Å². The molecule has 1 aromatic rings. The minimum atomic E-state index is -0.114. The van der Waals surface area contributed by atoms with Crippen molar-refractivity contribution in [2.75, 3.05) is 20.6 Å². The summed E-state index contributed by atoms with van der Waals surface area (Å²) in [5.74, 6) is 1.15. The van der Waals surface area contributed by atoms with Gasteiger partial charge in [-0.15, -0.1) is 0 Å². The highest BCUT2D eigenvalue weighted by Crippen LogP contribution is 2.16. The van der Waals surface area contributed by atoms with Crippen LogP contribution in [-0.2, 0) is 4.79 Å². The van der Waals surface area contributed by atoms with Gasteiger partial charge >= 0.3 is 0 Å². The number of rotatable bonds is 5. The molecule has 0 heterocycles. The highest BCUT2D eigenvalue weighted by Gasteiger charge is 2.14. The first-order chi connectivity index (χ1) is 8.56. The van der Waals surface area contributed by atoms with Crippen LogP contribution in [0.1, 0.15) is 13.8 Å². The van der Waals surface area contributed by atoms with Crippen molar-refractivity contribution in [2.45, 2.75) is 13.8 Å². The maximum atomic E-state index is 11.8. The minimum absolute atomic E-state index is 0.114. The Balaban J connectivity index is 2.96. The quantitative estimate of drug-likeness (QED) is 0.640. The van der Waals surface area contributed by atoms with E-state index in [1.807, 2.05) is 51.4 Å². The van der Waals surface area contributed by atoms with Crippen LogP contribution in [-0.4, -0.2) is 31.4 Å². The van der Waals surface area contributed by atoms with E-state index in [4.69, 9.17) is 4.74 Å². The van der Waals surface area contributed by atoms with Crippen LogP contribution >= 0.6 is 0 Å². The molecule has 1 rings (SSSR count). The molecule has 1 amide bonds. The van der Waals surface area contributed by atoms with Gasteiger partial charge in [-0.3, -0.25) is 4.79 Å². The molecular formula is C14H20N2O2. The van der Waals surface area contributed by atoms with Gasteiger partial charge in [-0.25, -0.2) is 0 Å².